The van der Waals surface area contributed by atoms with Gasteiger partial charge in [0.1, 0.15) is 5.82 Å². The van der Waals surface area contributed by atoms with E-state index in [1.807, 2.05) is 58.9 Å². The van der Waals surface area contributed by atoms with Gasteiger partial charge in [0.25, 0.3) is 5.56 Å². The minimum Gasteiger partial charge on any atom is -0.392 e. The molecule has 0 amide bonds. The number of rotatable bonds is 2. The molecule has 4 nitrogen and oxygen atoms in total. The molecule has 0 spiro atoms. The molecule has 0 saturated carbocycles. The van der Waals surface area contributed by atoms with E-state index in [0.29, 0.717) is 5.82 Å². The number of aliphatic hydroxyl groups is 1. The first-order valence-electron chi connectivity index (χ1n) is 8.37. The maximum absolute atomic E-state index is 12.2. The van der Waals surface area contributed by atoms with Gasteiger partial charge < -0.3 is 5.11 Å². The minimum atomic E-state index is -0.118. The number of benzene rings is 1. The Morgan fingerprint density at radius 2 is 1.67 bits per heavy atom. The van der Waals surface area contributed by atoms with Gasteiger partial charge in [-0.05, 0) is 41.6 Å². The van der Waals surface area contributed by atoms with Crippen LogP contribution in [0.25, 0.3) is 16.7 Å². The van der Waals surface area contributed by atoms with Gasteiger partial charge in [-0.25, -0.2) is 4.98 Å². The van der Waals surface area contributed by atoms with Crippen LogP contribution < -0.4 is 5.56 Å². The van der Waals surface area contributed by atoms with E-state index >= 15 is 0 Å². The summed E-state index contributed by atoms with van der Waals surface area (Å²) in [7, 11) is 0. The predicted octanol–water partition coefficient (Wildman–Crippen LogP) is 4.24. The molecule has 0 radical (unpaired) electrons. The van der Waals surface area contributed by atoms with Crippen molar-refractivity contribution in [2.24, 2.45) is 0 Å². The highest BCUT2D eigenvalue weighted by molar-refractivity contribution is 5.81. The third-order valence-corrected chi connectivity index (χ3v) is 3.27. The summed E-state index contributed by atoms with van der Waals surface area (Å²) in [5.74, 6) is 0.559. The standard InChI is InChI=1S/C16H14N2O2.2C2H6/c1-11-2-4-13-5-7-16(20)18(14(13)8-11)15-6-3-12(10-19)9-17-15;2*1-2/h2-9,19H,10H2,1H3;2*1-2H3. The van der Waals surface area contributed by atoms with E-state index in [0.717, 1.165) is 22.0 Å². The van der Waals surface area contributed by atoms with Crippen LogP contribution in [-0.2, 0) is 6.61 Å². The van der Waals surface area contributed by atoms with Gasteiger partial charge in [0.15, 0.2) is 0 Å². The van der Waals surface area contributed by atoms with Crippen molar-refractivity contribution in [2.45, 2.75) is 41.2 Å². The largest absolute Gasteiger partial charge is 0.392 e. The van der Waals surface area contributed by atoms with Crippen LogP contribution in [0, 0.1) is 6.92 Å². The molecule has 1 aromatic carbocycles. The van der Waals surface area contributed by atoms with Crippen LogP contribution in [0.2, 0.25) is 0 Å². The number of hydrogen-bond donors (Lipinski definition) is 1. The quantitative estimate of drug-likeness (QED) is 0.766. The molecule has 1 N–H and O–H groups in total. The lowest BCUT2D eigenvalue weighted by atomic mass is 10.1. The van der Waals surface area contributed by atoms with Crippen molar-refractivity contribution < 1.29 is 5.11 Å². The second-order valence-corrected chi connectivity index (χ2v) is 4.75. The first-order chi connectivity index (χ1) is 11.7. The summed E-state index contributed by atoms with van der Waals surface area (Å²) in [5.41, 5.74) is 2.52. The average molecular weight is 326 g/mol. The number of nitrogens with zero attached hydrogens (tertiary/aromatic N) is 2. The van der Waals surface area contributed by atoms with Crippen LogP contribution in [0.1, 0.15) is 38.8 Å². The molecule has 4 heteroatoms. The van der Waals surface area contributed by atoms with E-state index in [1.54, 1.807) is 29.0 Å². The Bertz CT molecular complexity index is 821. The van der Waals surface area contributed by atoms with Crippen molar-refractivity contribution >= 4 is 10.9 Å². The summed E-state index contributed by atoms with van der Waals surface area (Å²) in [5, 5.41) is 10.0. The van der Waals surface area contributed by atoms with Crippen molar-refractivity contribution in [2.75, 3.05) is 0 Å². The van der Waals surface area contributed by atoms with E-state index in [4.69, 9.17) is 5.11 Å². The van der Waals surface area contributed by atoms with E-state index in [-0.39, 0.29) is 12.2 Å². The number of hydrogen-bond acceptors (Lipinski definition) is 3. The zero-order valence-electron chi connectivity index (χ0n) is 15.1. The van der Waals surface area contributed by atoms with Crippen molar-refractivity contribution in [3.05, 3.63) is 70.1 Å². The van der Waals surface area contributed by atoms with Crippen molar-refractivity contribution in [3.8, 4) is 5.82 Å². The fraction of sp³-hybridized carbons (Fsp3) is 0.300. The molecule has 3 rings (SSSR count). The summed E-state index contributed by atoms with van der Waals surface area (Å²) < 4.78 is 1.59. The molecule has 0 aliphatic rings. The third kappa shape index (κ3) is 4.30. The Balaban J connectivity index is 0.000000671. The van der Waals surface area contributed by atoms with Crippen LogP contribution in [0.15, 0.2) is 53.5 Å². The van der Waals surface area contributed by atoms with Gasteiger partial charge >= 0.3 is 0 Å². The highest BCUT2D eigenvalue weighted by Gasteiger charge is 2.06. The molecule has 2 heterocycles. The molecule has 128 valence electrons. The Labute approximate surface area is 143 Å². The fourth-order valence-electron chi connectivity index (χ4n) is 2.22. The maximum atomic E-state index is 12.2. The third-order valence-electron chi connectivity index (χ3n) is 3.27. The summed E-state index contributed by atoms with van der Waals surface area (Å²) in [6.45, 7) is 9.93. The molecular weight excluding hydrogens is 300 g/mol. The molecule has 2 aromatic heterocycles. The van der Waals surface area contributed by atoms with Crippen molar-refractivity contribution in [1.29, 1.82) is 0 Å². The van der Waals surface area contributed by atoms with Crippen LogP contribution >= 0.6 is 0 Å². The van der Waals surface area contributed by atoms with Gasteiger partial charge in [0.05, 0.1) is 12.1 Å². The minimum absolute atomic E-state index is 0.0587. The van der Waals surface area contributed by atoms with Crippen LogP contribution in [0.5, 0.6) is 0 Å². The van der Waals surface area contributed by atoms with Gasteiger partial charge in [-0.2, -0.15) is 0 Å². The molecule has 3 aromatic rings. The molecule has 0 saturated heterocycles. The molecule has 0 aliphatic heterocycles. The molecule has 0 fully saturated rings. The van der Waals surface area contributed by atoms with Gasteiger partial charge in [-0.15, -0.1) is 0 Å². The smallest absolute Gasteiger partial charge is 0.256 e. The lowest BCUT2D eigenvalue weighted by Gasteiger charge is -2.10. The number of pyridine rings is 2. The molecule has 0 atom stereocenters. The van der Waals surface area contributed by atoms with Gasteiger partial charge in [0.2, 0.25) is 0 Å². The summed E-state index contributed by atoms with van der Waals surface area (Å²) in [6, 6.07) is 12.8. The number of aryl methyl sites for hydroxylation is 1. The monoisotopic (exact) mass is 326 g/mol. The van der Waals surface area contributed by atoms with Crippen LogP contribution in [0.4, 0.5) is 0 Å². The highest BCUT2D eigenvalue weighted by atomic mass is 16.3. The van der Waals surface area contributed by atoms with Crippen molar-refractivity contribution in [1.82, 2.24) is 9.55 Å². The lowest BCUT2D eigenvalue weighted by Crippen LogP contribution is -2.18. The van der Waals surface area contributed by atoms with Gasteiger partial charge in [0, 0.05) is 12.3 Å². The Morgan fingerprint density at radius 3 is 2.25 bits per heavy atom. The highest BCUT2D eigenvalue weighted by Crippen LogP contribution is 2.17. The Hall–Kier alpha value is -2.46. The summed E-state index contributed by atoms with van der Waals surface area (Å²) >= 11 is 0. The van der Waals surface area contributed by atoms with E-state index in [9.17, 15) is 4.79 Å². The topological polar surface area (TPSA) is 55.1 Å². The van der Waals surface area contributed by atoms with Gasteiger partial charge in [-0.3, -0.25) is 9.36 Å². The second-order valence-electron chi connectivity index (χ2n) is 4.75. The van der Waals surface area contributed by atoms with E-state index < -0.39 is 0 Å². The normalized spacial score (nSPS) is 9.58. The molecule has 0 bridgehead atoms. The number of aromatic nitrogens is 2. The lowest BCUT2D eigenvalue weighted by molar-refractivity contribution is 0.281. The number of fused-ring (bicyclic) bond motifs is 1. The molecule has 0 unspecified atom stereocenters. The summed E-state index contributed by atoms with van der Waals surface area (Å²) in [6.07, 6.45) is 1.58. The Morgan fingerprint density at radius 1 is 1.00 bits per heavy atom. The predicted molar refractivity (Wildman–Crippen MR) is 101 cm³/mol. The zero-order valence-corrected chi connectivity index (χ0v) is 15.1. The zero-order chi connectivity index (χ0) is 18.1. The fourth-order valence-corrected chi connectivity index (χ4v) is 2.22. The van der Waals surface area contributed by atoms with Crippen LogP contribution in [-0.4, -0.2) is 14.7 Å². The second kappa shape index (κ2) is 9.63. The van der Waals surface area contributed by atoms with E-state index in [2.05, 4.69) is 4.98 Å². The average Bonchev–Trinajstić information content (AvgIpc) is 2.65. The first-order valence-corrected chi connectivity index (χ1v) is 8.37. The SMILES string of the molecule is CC.CC.Cc1ccc2ccc(=O)n(-c3ccc(CO)cn3)c2c1. The molecule has 24 heavy (non-hydrogen) atoms. The van der Waals surface area contributed by atoms with Crippen LogP contribution in [0.3, 0.4) is 0 Å². The van der Waals surface area contributed by atoms with Gasteiger partial charge in [-0.1, -0.05) is 45.9 Å². The molecule has 0 aliphatic carbocycles. The summed E-state index contributed by atoms with van der Waals surface area (Å²) in [4.78, 5) is 16.4. The van der Waals surface area contributed by atoms with E-state index in [1.165, 1.54) is 0 Å². The first kappa shape index (κ1) is 19.6. The maximum Gasteiger partial charge on any atom is 0.256 e. The number of aliphatic hydroxyl groups excluding tert-OH is 1. The Kier molecular flexibility index (Phi) is 7.86. The molecular formula is C20H26N2O2. The van der Waals surface area contributed by atoms with Crippen molar-refractivity contribution in [3.63, 3.8) is 0 Å².